The molecule has 1 aliphatic rings. The number of rotatable bonds is 2. The molecule has 3 aromatic rings. The third-order valence-corrected chi connectivity index (χ3v) is 3.86. The SMILES string of the molecule is Oc1ccccc1-n1c(C2CCOC2)nc2cccnc21. The molecule has 0 amide bonds. The number of phenols is 1. The summed E-state index contributed by atoms with van der Waals surface area (Å²) in [5, 5.41) is 10.2. The van der Waals surface area contributed by atoms with Gasteiger partial charge in [0.1, 0.15) is 17.1 Å². The van der Waals surface area contributed by atoms with E-state index in [9.17, 15) is 5.11 Å². The van der Waals surface area contributed by atoms with Crippen LogP contribution in [0.1, 0.15) is 18.2 Å². The highest BCUT2D eigenvalue weighted by Gasteiger charge is 2.26. The van der Waals surface area contributed by atoms with Crippen molar-refractivity contribution in [3.63, 3.8) is 0 Å². The summed E-state index contributed by atoms with van der Waals surface area (Å²) in [7, 11) is 0. The molecule has 1 saturated heterocycles. The zero-order valence-corrected chi connectivity index (χ0v) is 11.4. The first-order chi connectivity index (χ1) is 10.3. The number of nitrogens with zero attached hydrogens (tertiary/aromatic N) is 3. The fourth-order valence-corrected chi connectivity index (χ4v) is 2.83. The summed E-state index contributed by atoms with van der Waals surface area (Å²) in [5.41, 5.74) is 2.31. The lowest BCUT2D eigenvalue weighted by atomic mass is 10.1. The number of hydrogen-bond donors (Lipinski definition) is 1. The first-order valence-electron chi connectivity index (χ1n) is 7.04. The molecule has 3 heterocycles. The third kappa shape index (κ3) is 1.97. The Balaban J connectivity index is 2.00. The summed E-state index contributed by atoms with van der Waals surface area (Å²) in [5.74, 6) is 1.36. The van der Waals surface area contributed by atoms with Crippen LogP contribution in [0.15, 0.2) is 42.6 Å². The van der Waals surface area contributed by atoms with Gasteiger partial charge in [-0.2, -0.15) is 0 Å². The Bertz CT molecular complexity index is 791. The van der Waals surface area contributed by atoms with Crippen molar-refractivity contribution in [1.82, 2.24) is 14.5 Å². The molecule has 2 aromatic heterocycles. The van der Waals surface area contributed by atoms with Gasteiger partial charge in [-0.15, -0.1) is 0 Å². The quantitative estimate of drug-likeness (QED) is 0.784. The number of imidazole rings is 1. The molecule has 0 radical (unpaired) electrons. The van der Waals surface area contributed by atoms with Crippen molar-refractivity contribution in [1.29, 1.82) is 0 Å². The number of para-hydroxylation sites is 2. The Kier molecular flexibility index (Phi) is 2.86. The highest BCUT2D eigenvalue weighted by Crippen LogP contribution is 2.32. The number of fused-ring (bicyclic) bond motifs is 1. The average molecular weight is 281 g/mol. The maximum atomic E-state index is 10.2. The van der Waals surface area contributed by atoms with E-state index in [4.69, 9.17) is 9.72 Å². The predicted molar refractivity (Wildman–Crippen MR) is 78.7 cm³/mol. The number of benzene rings is 1. The fourth-order valence-electron chi connectivity index (χ4n) is 2.83. The van der Waals surface area contributed by atoms with Crippen molar-refractivity contribution >= 4 is 11.2 Å². The average Bonchev–Trinajstić information content (AvgIpc) is 3.15. The van der Waals surface area contributed by atoms with Gasteiger partial charge in [0.25, 0.3) is 0 Å². The van der Waals surface area contributed by atoms with Gasteiger partial charge >= 0.3 is 0 Å². The van der Waals surface area contributed by atoms with Gasteiger partial charge in [-0.25, -0.2) is 9.97 Å². The van der Waals surface area contributed by atoms with Crippen molar-refractivity contribution < 1.29 is 9.84 Å². The number of phenolic OH excluding ortho intramolecular Hbond substituents is 1. The van der Waals surface area contributed by atoms with Gasteiger partial charge in [0.2, 0.25) is 0 Å². The standard InChI is InChI=1S/C16H15N3O2/c20-14-6-2-1-5-13(14)19-15(11-7-9-21-10-11)18-12-4-3-8-17-16(12)19/h1-6,8,11,20H,7,9-10H2. The molecule has 106 valence electrons. The van der Waals surface area contributed by atoms with E-state index in [0.29, 0.717) is 12.3 Å². The number of pyridine rings is 1. The van der Waals surface area contributed by atoms with Gasteiger partial charge in [0.05, 0.1) is 12.3 Å². The van der Waals surface area contributed by atoms with E-state index in [1.54, 1.807) is 12.3 Å². The van der Waals surface area contributed by atoms with E-state index in [2.05, 4.69) is 4.98 Å². The maximum absolute atomic E-state index is 10.2. The minimum Gasteiger partial charge on any atom is -0.506 e. The molecular formula is C16H15N3O2. The molecule has 1 N–H and O–H groups in total. The fraction of sp³-hybridized carbons (Fsp3) is 0.250. The van der Waals surface area contributed by atoms with Crippen LogP contribution in [0.25, 0.3) is 16.9 Å². The molecule has 0 bridgehead atoms. The van der Waals surface area contributed by atoms with E-state index in [0.717, 1.165) is 30.0 Å². The minimum atomic E-state index is 0.225. The topological polar surface area (TPSA) is 60.2 Å². The van der Waals surface area contributed by atoms with Gasteiger partial charge in [0, 0.05) is 18.7 Å². The first kappa shape index (κ1) is 12.3. The van der Waals surface area contributed by atoms with E-state index < -0.39 is 0 Å². The smallest absolute Gasteiger partial charge is 0.164 e. The molecule has 0 aliphatic carbocycles. The summed E-state index contributed by atoms with van der Waals surface area (Å²) in [6.45, 7) is 1.42. The van der Waals surface area contributed by atoms with Gasteiger partial charge in [-0.1, -0.05) is 12.1 Å². The Morgan fingerprint density at radius 1 is 1.19 bits per heavy atom. The zero-order chi connectivity index (χ0) is 14.2. The van der Waals surface area contributed by atoms with Crippen LogP contribution >= 0.6 is 0 Å². The van der Waals surface area contributed by atoms with Crippen molar-refractivity contribution in [3.8, 4) is 11.4 Å². The van der Waals surface area contributed by atoms with Crippen LogP contribution in [0.3, 0.4) is 0 Å². The van der Waals surface area contributed by atoms with E-state index >= 15 is 0 Å². The lowest BCUT2D eigenvalue weighted by Crippen LogP contribution is -2.08. The zero-order valence-electron chi connectivity index (χ0n) is 11.4. The van der Waals surface area contributed by atoms with Gasteiger partial charge in [-0.3, -0.25) is 4.57 Å². The molecule has 1 unspecified atom stereocenters. The number of aromatic hydroxyl groups is 1. The Morgan fingerprint density at radius 2 is 2.10 bits per heavy atom. The monoisotopic (exact) mass is 281 g/mol. The van der Waals surface area contributed by atoms with Crippen molar-refractivity contribution in [2.24, 2.45) is 0 Å². The molecule has 21 heavy (non-hydrogen) atoms. The largest absolute Gasteiger partial charge is 0.506 e. The van der Waals surface area contributed by atoms with Crippen LogP contribution in [0.4, 0.5) is 0 Å². The first-order valence-corrected chi connectivity index (χ1v) is 7.04. The molecule has 1 fully saturated rings. The van der Waals surface area contributed by atoms with Crippen LogP contribution in [-0.4, -0.2) is 32.9 Å². The van der Waals surface area contributed by atoms with E-state index in [1.165, 1.54) is 0 Å². The van der Waals surface area contributed by atoms with Crippen molar-refractivity contribution in [2.45, 2.75) is 12.3 Å². The lowest BCUT2D eigenvalue weighted by molar-refractivity contribution is 0.193. The van der Waals surface area contributed by atoms with Gasteiger partial charge in [0.15, 0.2) is 5.65 Å². The second kappa shape index (κ2) is 4.86. The minimum absolute atomic E-state index is 0.225. The van der Waals surface area contributed by atoms with Crippen LogP contribution in [0, 0.1) is 0 Å². The Hall–Kier alpha value is -2.40. The van der Waals surface area contributed by atoms with Gasteiger partial charge in [-0.05, 0) is 30.7 Å². The second-order valence-corrected chi connectivity index (χ2v) is 5.20. The van der Waals surface area contributed by atoms with Gasteiger partial charge < -0.3 is 9.84 Å². The summed E-state index contributed by atoms with van der Waals surface area (Å²) >= 11 is 0. The van der Waals surface area contributed by atoms with Crippen molar-refractivity contribution in [2.75, 3.05) is 13.2 Å². The predicted octanol–water partition coefficient (Wildman–Crippen LogP) is 2.63. The normalized spacial score (nSPS) is 18.4. The molecular weight excluding hydrogens is 266 g/mol. The van der Waals surface area contributed by atoms with Crippen LogP contribution in [0.5, 0.6) is 5.75 Å². The number of ether oxygens (including phenoxy) is 1. The van der Waals surface area contributed by atoms with E-state index in [1.807, 2.05) is 34.9 Å². The maximum Gasteiger partial charge on any atom is 0.164 e. The molecule has 1 atom stereocenters. The number of hydrogen-bond acceptors (Lipinski definition) is 4. The van der Waals surface area contributed by atoms with Crippen LogP contribution < -0.4 is 0 Å². The molecule has 1 aliphatic heterocycles. The number of aromatic nitrogens is 3. The molecule has 5 heteroatoms. The summed E-state index contributed by atoms with van der Waals surface area (Å²) in [4.78, 5) is 9.16. The molecule has 0 spiro atoms. The second-order valence-electron chi connectivity index (χ2n) is 5.20. The molecule has 5 nitrogen and oxygen atoms in total. The highest BCUT2D eigenvalue weighted by atomic mass is 16.5. The molecule has 4 rings (SSSR count). The lowest BCUT2D eigenvalue weighted by Gasteiger charge is -2.13. The molecule has 0 saturated carbocycles. The van der Waals surface area contributed by atoms with Crippen molar-refractivity contribution in [3.05, 3.63) is 48.4 Å². The van der Waals surface area contributed by atoms with Crippen LogP contribution in [-0.2, 0) is 4.74 Å². The van der Waals surface area contributed by atoms with E-state index in [-0.39, 0.29) is 11.7 Å². The molecule has 1 aromatic carbocycles. The summed E-state index contributed by atoms with van der Waals surface area (Å²) in [6.07, 6.45) is 2.69. The third-order valence-electron chi connectivity index (χ3n) is 3.86. The summed E-state index contributed by atoms with van der Waals surface area (Å²) < 4.78 is 7.44. The Labute approximate surface area is 121 Å². The summed E-state index contributed by atoms with van der Waals surface area (Å²) in [6, 6.07) is 11.1. The Morgan fingerprint density at radius 3 is 2.90 bits per heavy atom. The highest BCUT2D eigenvalue weighted by molar-refractivity contribution is 5.75. The van der Waals surface area contributed by atoms with Crippen LogP contribution in [0.2, 0.25) is 0 Å².